The van der Waals surface area contributed by atoms with E-state index in [1.54, 1.807) is 42.5 Å². The number of carbonyl (C=O) groups is 3. The zero-order valence-electron chi connectivity index (χ0n) is 21.5. The number of benzene rings is 3. The van der Waals surface area contributed by atoms with Gasteiger partial charge in [0.05, 0.1) is 24.1 Å². The van der Waals surface area contributed by atoms with Gasteiger partial charge in [-0.25, -0.2) is 4.79 Å². The summed E-state index contributed by atoms with van der Waals surface area (Å²) in [4.78, 5) is 39.2. The second kappa shape index (κ2) is 12.1. The Morgan fingerprint density at radius 3 is 2.37 bits per heavy atom. The molecule has 0 spiro atoms. The number of hydrogen-bond donors (Lipinski definition) is 3. The number of anilines is 2. The first kappa shape index (κ1) is 26.4. The summed E-state index contributed by atoms with van der Waals surface area (Å²) in [5, 5.41) is 9.15. The quantitative estimate of drug-likeness (QED) is 0.168. The van der Waals surface area contributed by atoms with E-state index in [1.165, 1.54) is 7.11 Å². The molecule has 0 atom stereocenters. The number of fused-ring (bicyclic) bond motifs is 1. The summed E-state index contributed by atoms with van der Waals surface area (Å²) in [5.74, 6) is -0.178. The zero-order chi connectivity index (χ0) is 27.1. The third-order valence-corrected chi connectivity index (χ3v) is 5.90. The van der Waals surface area contributed by atoms with Crippen LogP contribution in [0, 0.1) is 0 Å². The van der Waals surface area contributed by atoms with E-state index in [4.69, 9.17) is 4.74 Å². The third-order valence-electron chi connectivity index (χ3n) is 5.90. The number of rotatable bonds is 9. The highest BCUT2D eigenvalue weighted by Gasteiger charge is 2.29. The molecule has 0 unspecified atom stereocenters. The summed E-state index contributed by atoms with van der Waals surface area (Å²) in [6, 6.07) is 21.5. The number of amides is 2. The first-order chi connectivity index (χ1) is 18.4. The molecule has 1 aliphatic heterocycles. The standard InChI is InChI=1S/C29H30N4O5/c1-33(2)17-7-16-30-27(34)20-10-12-21(13-11-20)31-26(19-8-5-4-6-9-19)25-23-15-14-22(38-29(36)37-3)18-24(23)32-28(25)35/h4-6,8-15,18,31H,7,16-17H2,1-3H3,(H,30,34)(H,32,35)/b26-25-. The van der Waals surface area contributed by atoms with Gasteiger partial charge in [-0.15, -0.1) is 0 Å². The Labute approximate surface area is 221 Å². The van der Waals surface area contributed by atoms with Crippen molar-refractivity contribution in [3.05, 3.63) is 89.5 Å². The summed E-state index contributed by atoms with van der Waals surface area (Å²) in [7, 11) is 5.22. The van der Waals surface area contributed by atoms with Crippen LogP contribution in [0.5, 0.6) is 5.75 Å². The lowest BCUT2D eigenvalue weighted by molar-refractivity contribution is -0.110. The van der Waals surface area contributed by atoms with Crippen LogP contribution in [0.2, 0.25) is 0 Å². The second-order valence-corrected chi connectivity index (χ2v) is 8.95. The van der Waals surface area contributed by atoms with Crippen molar-refractivity contribution in [2.75, 3.05) is 44.9 Å². The Kier molecular flexibility index (Phi) is 8.40. The maximum atomic E-state index is 13.1. The SMILES string of the molecule is COC(=O)Oc1ccc2c(c1)NC(=O)/C2=C(\Nc1ccc(C(=O)NCCCN(C)C)cc1)c1ccccc1. The number of nitrogens with one attached hydrogen (secondary N) is 3. The minimum Gasteiger partial charge on any atom is -0.437 e. The molecule has 1 heterocycles. The maximum Gasteiger partial charge on any atom is 0.513 e. The van der Waals surface area contributed by atoms with Gasteiger partial charge in [0.25, 0.3) is 11.8 Å². The van der Waals surface area contributed by atoms with E-state index in [-0.39, 0.29) is 17.6 Å². The van der Waals surface area contributed by atoms with Crippen LogP contribution in [0.3, 0.4) is 0 Å². The molecule has 3 aromatic rings. The van der Waals surface area contributed by atoms with E-state index in [0.29, 0.717) is 40.3 Å². The molecule has 9 heteroatoms. The van der Waals surface area contributed by atoms with Gasteiger partial charge in [0.15, 0.2) is 0 Å². The molecular formula is C29H30N4O5. The molecule has 3 N–H and O–H groups in total. The molecular weight excluding hydrogens is 484 g/mol. The highest BCUT2D eigenvalue weighted by atomic mass is 16.7. The Bertz CT molecular complexity index is 1350. The Morgan fingerprint density at radius 2 is 1.68 bits per heavy atom. The molecule has 0 fully saturated rings. The van der Waals surface area contributed by atoms with Gasteiger partial charge in [-0.3, -0.25) is 9.59 Å². The van der Waals surface area contributed by atoms with Gasteiger partial charge in [0, 0.05) is 29.4 Å². The zero-order valence-corrected chi connectivity index (χ0v) is 21.5. The molecule has 4 rings (SSSR count). The first-order valence-corrected chi connectivity index (χ1v) is 12.2. The van der Waals surface area contributed by atoms with Gasteiger partial charge in [-0.2, -0.15) is 0 Å². The van der Waals surface area contributed by atoms with Crippen LogP contribution in [0.1, 0.15) is 27.9 Å². The third kappa shape index (κ3) is 6.37. The van der Waals surface area contributed by atoms with Crippen LogP contribution in [0.4, 0.5) is 16.2 Å². The molecule has 9 nitrogen and oxygen atoms in total. The van der Waals surface area contributed by atoms with Crippen LogP contribution in [-0.4, -0.2) is 57.2 Å². The highest BCUT2D eigenvalue weighted by Crippen LogP contribution is 2.39. The second-order valence-electron chi connectivity index (χ2n) is 8.95. The van der Waals surface area contributed by atoms with E-state index in [9.17, 15) is 14.4 Å². The average molecular weight is 515 g/mol. The summed E-state index contributed by atoms with van der Waals surface area (Å²) in [6.45, 7) is 1.50. The van der Waals surface area contributed by atoms with Crippen molar-refractivity contribution in [2.45, 2.75) is 6.42 Å². The van der Waals surface area contributed by atoms with Gasteiger partial charge in [0.2, 0.25) is 0 Å². The monoisotopic (exact) mass is 514 g/mol. The van der Waals surface area contributed by atoms with Crippen LogP contribution >= 0.6 is 0 Å². The number of ether oxygens (including phenoxy) is 2. The Balaban J connectivity index is 1.60. The van der Waals surface area contributed by atoms with Crippen LogP contribution in [0.15, 0.2) is 72.8 Å². The minimum atomic E-state index is -0.845. The van der Waals surface area contributed by atoms with Crippen molar-refractivity contribution < 1.29 is 23.9 Å². The molecule has 0 saturated heterocycles. The summed E-state index contributed by atoms with van der Waals surface area (Å²) in [5.41, 5.74) is 4.30. The van der Waals surface area contributed by atoms with Crippen LogP contribution in [0.25, 0.3) is 11.3 Å². The van der Waals surface area contributed by atoms with Crippen molar-refractivity contribution in [2.24, 2.45) is 0 Å². The fourth-order valence-corrected chi connectivity index (χ4v) is 4.03. The molecule has 0 aromatic heterocycles. The van der Waals surface area contributed by atoms with Crippen LogP contribution in [-0.2, 0) is 9.53 Å². The Morgan fingerprint density at radius 1 is 0.947 bits per heavy atom. The lowest BCUT2D eigenvalue weighted by atomic mass is 10.00. The van der Waals surface area contributed by atoms with E-state index < -0.39 is 6.16 Å². The molecule has 0 radical (unpaired) electrons. The van der Waals surface area contributed by atoms with Crippen LogP contribution < -0.4 is 20.7 Å². The predicted octanol–water partition coefficient (Wildman–Crippen LogP) is 4.45. The average Bonchev–Trinajstić information content (AvgIpc) is 3.24. The number of nitrogens with zero attached hydrogens (tertiary/aromatic N) is 1. The summed E-state index contributed by atoms with van der Waals surface area (Å²) in [6.07, 6.45) is 0.0223. The molecule has 2 amide bonds. The normalized spacial score (nSPS) is 13.4. The smallest absolute Gasteiger partial charge is 0.437 e. The molecule has 196 valence electrons. The van der Waals surface area contributed by atoms with E-state index >= 15 is 0 Å². The van der Waals surface area contributed by atoms with E-state index in [1.807, 2.05) is 44.4 Å². The number of hydrogen-bond acceptors (Lipinski definition) is 7. The molecule has 3 aromatic carbocycles. The number of methoxy groups -OCH3 is 1. The predicted molar refractivity (Wildman–Crippen MR) is 147 cm³/mol. The van der Waals surface area contributed by atoms with Gasteiger partial charge in [-0.05, 0) is 69.0 Å². The van der Waals surface area contributed by atoms with Gasteiger partial charge in [0.1, 0.15) is 5.75 Å². The molecule has 1 aliphatic rings. The van der Waals surface area contributed by atoms with Crippen molar-refractivity contribution in [1.82, 2.24) is 10.2 Å². The van der Waals surface area contributed by atoms with Crippen molar-refractivity contribution in [3.63, 3.8) is 0 Å². The molecule has 38 heavy (non-hydrogen) atoms. The van der Waals surface area contributed by atoms with Gasteiger partial charge >= 0.3 is 6.16 Å². The summed E-state index contributed by atoms with van der Waals surface area (Å²) < 4.78 is 9.63. The number of carbonyl (C=O) groups excluding carboxylic acids is 3. The van der Waals surface area contributed by atoms with E-state index in [2.05, 4.69) is 25.6 Å². The van der Waals surface area contributed by atoms with Crippen molar-refractivity contribution in [3.8, 4) is 5.75 Å². The first-order valence-electron chi connectivity index (χ1n) is 12.2. The molecule has 0 saturated carbocycles. The van der Waals surface area contributed by atoms with Gasteiger partial charge in [-0.1, -0.05) is 30.3 Å². The lowest BCUT2D eigenvalue weighted by Gasteiger charge is -2.15. The van der Waals surface area contributed by atoms with Crippen molar-refractivity contribution in [1.29, 1.82) is 0 Å². The molecule has 0 bridgehead atoms. The molecule has 0 aliphatic carbocycles. The fraction of sp³-hybridized carbons (Fsp3) is 0.207. The van der Waals surface area contributed by atoms with Gasteiger partial charge < -0.3 is 30.3 Å². The topological polar surface area (TPSA) is 109 Å². The largest absolute Gasteiger partial charge is 0.513 e. The highest BCUT2D eigenvalue weighted by molar-refractivity contribution is 6.37. The van der Waals surface area contributed by atoms with E-state index in [0.717, 1.165) is 18.5 Å². The Hall–Kier alpha value is -4.63. The minimum absolute atomic E-state index is 0.133. The lowest BCUT2D eigenvalue weighted by Crippen LogP contribution is -2.27. The maximum absolute atomic E-state index is 13.1. The van der Waals surface area contributed by atoms with Crippen molar-refractivity contribution >= 4 is 40.6 Å². The fourth-order valence-electron chi connectivity index (χ4n) is 4.03. The summed E-state index contributed by atoms with van der Waals surface area (Å²) >= 11 is 0.